The molecule has 1 aromatic carbocycles. The van der Waals surface area contributed by atoms with Gasteiger partial charge in [-0.15, -0.1) is 0 Å². The maximum absolute atomic E-state index is 4.33. The van der Waals surface area contributed by atoms with Gasteiger partial charge in [0.2, 0.25) is 0 Å². The summed E-state index contributed by atoms with van der Waals surface area (Å²) in [5.74, 6) is 0. The van der Waals surface area contributed by atoms with Gasteiger partial charge < -0.3 is 9.88 Å². The third-order valence-electron chi connectivity index (χ3n) is 5.09. The minimum absolute atomic E-state index is 0.529. The molecule has 1 aliphatic rings. The van der Waals surface area contributed by atoms with E-state index in [2.05, 4.69) is 54.6 Å². The fraction of sp³-hybridized carbons (Fsp3) is 0.444. The van der Waals surface area contributed by atoms with E-state index < -0.39 is 0 Å². The molecule has 0 aliphatic carbocycles. The zero-order valence-electron chi connectivity index (χ0n) is 12.6. The molecular weight excluding hydrogens is 244 g/mol. The molecule has 1 fully saturated rings. The minimum Gasteiger partial charge on any atom is -0.371 e. The van der Waals surface area contributed by atoms with Crippen LogP contribution in [-0.2, 0) is 0 Å². The summed E-state index contributed by atoms with van der Waals surface area (Å²) in [5.41, 5.74) is 4.14. The van der Waals surface area contributed by atoms with E-state index in [0.717, 1.165) is 13.1 Å². The lowest BCUT2D eigenvalue weighted by molar-refractivity contribution is 0.156. The maximum atomic E-state index is 4.33. The second-order valence-corrected chi connectivity index (χ2v) is 6.38. The van der Waals surface area contributed by atoms with Crippen LogP contribution in [0.2, 0.25) is 0 Å². The minimum atomic E-state index is 0.529. The number of nitrogens with zero attached hydrogens (tertiary/aromatic N) is 1. The van der Waals surface area contributed by atoms with Crippen LogP contribution in [0, 0.1) is 5.41 Å². The summed E-state index contributed by atoms with van der Waals surface area (Å²) in [6, 6.07) is 8.68. The number of benzene rings is 1. The third kappa shape index (κ3) is 2.35. The number of fused-ring (bicyclic) bond motifs is 1. The Labute approximate surface area is 121 Å². The van der Waals surface area contributed by atoms with E-state index in [9.17, 15) is 0 Å². The Kier molecular flexibility index (Phi) is 3.33. The second-order valence-electron chi connectivity index (χ2n) is 6.38. The molecule has 1 N–H and O–H groups in total. The molecule has 3 rings (SSSR count). The summed E-state index contributed by atoms with van der Waals surface area (Å²) in [5, 5.41) is 1.26. The predicted molar refractivity (Wildman–Crippen MR) is 86.5 cm³/mol. The van der Waals surface area contributed by atoms with Crippen LogP contribution in [-0.4, -0.2) is 23.0 Å². The van der Waals surface area contributed by atoms with Gasteiger partial charge in [0.05, 0.1) is 0 Å². The number of H-pyrrole nitrogens is 1. The summed E-state index contributed by atoms with van der Waals surface area (Å²) >= 11 is 0. The van der Waals surface area contributed by atoms with E-state index >= 15 is 0 Å². The first-order valence-electron chi connectivity index (χ1n) is 7.63. The monoisotopic (exact) mass is 268 g/mol. The highest BCUT2D eigenvalue weighted by Gasteiger charge is 2.28. The Bertz CT molecular complexity index is 615. The number of likely N-dealkylation sites (tertiary alicyclic amines) is 1. The van der Waals surface area contributed by atoms with Gasteiger partial charge in [-0.05, 0) is 42.0 Å². The molecule has 106 valence electrons. The van der Waals surface area contributed by atoms with Crippen LogP contribution < -0.4 is 0 Å². The Morgan fingerprint density at radius 2 is 2.05 bits per heavy atom. The Morgan fingerprint density at radius 3 is 2.75 bits per heavy atom. The molecule has 1 saturated heterocycles. The molecule has 1 aliphatic heterocycles. The van der Waals surface area contributed by atoms with Crippen molar-refractivity contribution in [3.05, 3.63) is 42.6 Å². The molecule has 0 unspecified atom stereocenters. The molecule has 0 saturated carbocycles. The van der Waals surface area contributed by atoms with E-state index in [0.29, 0.717) is 5.41 Å². The molecule has 20 heavy (non-hydrogen) atoms. The van der Waals surface area contributed by atoms with Crippen LogP contribution >= 0.6 is 0 Å². The summed E-state index contributed by atoms with van der Waals surface area (Å²) in [7, 11) is 0. The Balaban J connectivity index is 1.76. The van der Waals surface area contributed by atoms with E-state index in [-0.39, 0.29) is 0 Å². The fourth-order valence-electron chi connectivity index (χ4n) is 3.09. The van der Waals surface area contributed by atoms with Gasteiger partial charge in [0.1, 0.15) is 0 Å². The molecule has 2 nitrogen and oxygen atoms in total. The predicted octanol–water partition coefficient (Wildman–Crippen LogP) is 4.65. The van der Waals surface area contributed by atoms with Crippen molar-refractivity contribution in [2.45, 2.75) is 33.1 Å². The van der Waals surface area contributed by atoms with Crippen LogP contribution in [0.15, 0.2) is 37.0 Å². The third-order valence-corrected chi connectivity index (χ3v) is 5.09. The maximum Gasteiger partial charge on any atom is 0.0454 e. The van der Waals surface area contributed by atoms with Gasteiger partial charge in [0.25, 0.3) is 0 Å². The van der Waals surface area contributed by atoms with Crippen LogP contribution in [0.5, 0.6) is 0 Å². The number of aromatic amines is 1. The van der Waals surface area contributed by atoms with Crippen LogP contribution in [0.4, 0.5) is 0 Å². The molecule has 0 amide bonds. The van der Waals surface area contributed by atoms with Crippen molar-refractivity contribution >= 4 is 16.6 Å². The van der Waals surface area contributed by atoms with Crippen LogP contribution in [0.1, 0.15) is 38.7 Å². The molecule has 0 spiro atoms. The van der Waals surface area contributed by atoms with Crippen molar-refractivity contribution in [3.63, 3.8) is 0 Å². The van der Waals surface area contributed by atoms with E-state index in [1.54, 1.807) is 0 Å². The highest BCUT2D eigenvalue weighted by molar-refractivity contribution is 5.83. The SMILES string of the molecule is C=C(c1ccc2[nH]ccc2c1)N1CCC(C)(CC)CC1. The van der Waals surface area contributed by atoms with Crippen LogP contribution in [0.25, 0.3) is 16.6 Å². The van der Waals surface area contributed by atoms with Gasteiger partial charge in [-0.1, -0.05) is 32.9 Å². The lowest BCUT2D eigenvalue weighted by Gasteiger charge is -2.40. The van der Waals surface area contributed by atoms with E-state index in [4.69, 9.17) is 0 Å². The van der Waals surface area contributed by atoms with Gasteiger partial charge >= 0.3 is 0 Å². The van der Waals surface area contributed by atoms with Gasteiger partial charge in [0, 0.05) is 35.9 Å². The van der Waals surface area contributed by atoms with Gasteiger partial charge in [-0.2, -0.15) is 0 Å². The number of piperidine rings is 1. The normalized spacial score (nSPS) is 18.4. The summed E-state index contributed by atoms with van der Waals surface area (Å²) in [6.07, 6.45) is 5.82. The molecule has 2 heterocycles. The van der Waals surface area contributed by atoms with Crippen molar-refractivity contribution in [2.24, 2.45) is 5.41 Å². The molecule has 0 atom stereocenters. The lowest BCUT2D eigenvalue weighted by atomic mass is 9.78. The first-order valence-corrected chi connectivity index (χ1v) is 7.63. The second kappa shape index (κ2) is 5.01. The highest BCUT2D eigenvalue weighted by Crippen LogP contribution is 2.36. The summed E-state index contributed by atoms with van der Waals surface area (Å²) < 4.78 is 0. The number of rotatable bonds is 3. The van der Waals surface area contributed by atoms with Crippen molar-refractivity contribution in [1.29, 1.82) is 0 Å². The average Bonchev–Trinajstić information content (AvgIpc) is 2.94. The molecule has 1 aromatic heterocycles. The largest absolute Gasteiger partial charge is 0.371 e. The van der Waals surface area contributed by atoms with E-state index in [1.165, 1.54) is 41.4 Å². The molecule has 0 radical (unpaired) electrons. The van der Waals surface area contributed by atoms with E-state index in [1.807, 2.05) is 6.20 Å². The molecule has 0 bridgehead atoms. The average molecular weight is 268 g/mol. The lowest BCUT2D eigenvalue weighted by Crippen LogP contribution is -2.37. The van der Waals surface area contributed by atoms with Crippen molar-refractivity contribution < 1.29 is 0 Å². The molecular formula is C18H24N2. The van der Waals surface area contributed by atoms with Crippen molar-refractivity contribution in [3.8, 4) is 0 Å². The summed E-state index contributed by atoms with van der Waals surface area (Å²) in [4.78, 5) is 5.69. The number of aromatic nitrogens is 1. The first kappa shape index (κ1) is 13.3. The quantitative estimate of drug-likeness (QED) is 0.858. The topological polar surface area (TPSA) is 19.0 Å². The Morgan fingerprint density at radius 1 is 1.30 bits per heavy atom. The molecule has 2 heteroatoms. The number of hydrogen-bond acceptors (Lipinski definition) is 1. The zero-order chi connectivity index (χ0) is 14.2. The Hall–Kier alpha value is -1.70. The number of nitrogens with one attached hydrogen (secondary N) is 1. The highest BCUT2D eigenvalue weighted by atomic mass is 15.1. The standard InChI is InChI=1S/C18H24N2/c1-4-18(3)8-11-20(12-9-18)14(2)15-5-6-17-16(13-15)7-10-19-17/h5-7,10,13,19H,2,4,8-9,11-12H2,1,3H3. The van der Waals surface area contributed by atoms with Gasteiger partial charge in [0.15, 0.2) is 0 Å². The fourth-order valence-corrected chi connectivity index (χ4v) is 3.09. The molecule has 2 aromatic rings. The van der Waals surface area contributed by atoms with Crippen molar-refractivity contribution in [1.82, 2.24) is 9.88 Å². The smallest absolute Gasteiger partial charge is 0.0454 e. The van der Waals surface area contributed by atoms with Gasteiger partial charge in [-0.3, -0.25) is 0 Å². The van der Waals surface area contributed by atoms with Gasteiger partial charge in [-0.25, -0.2) is 0 Å². The van der Waals surface area contributed by atoms with Crippen LogP contribution in [0.3, 0.4) is 0 Å². The zero-order valence-corrected chi connectivity index (χ0v) is 12.6. The first-order chi connectivity index (χ1) is 9.61. The number of hydrogen-bond donors (Lipinski definition) is 1. The van der Waals surface area contributed by atoms with Crippen molar-refractivity contribution in [2.75, 3.05) is 13.1 Å². The summed E-state index contributed by atoms with van der Waals surface area (Å²) in [6.45, 7) is 11.3.